The Morgan fingerprint density at radius 1 is 1.02 bits per heavy atom. The summed E-state index contributed by atoms with van der Waals surface area (Å²) in [7, 11) is -4.19. The van der Waals surface area contributed by atoms with Crippen molar-refractivity contribution in [1.29, 1.82) is 0 Å². The Morgan fingerprint density at radius 3 is 2.53 bits per heavy atom. The van der Waals surface area contributed by atoms with Gasteiger partial charge in [0, 0.05) is 24.6 Å². The van der Waals surface area contributed by atoms with Crippen molar-refractivity contribution in [3.63, 3.8) is 0 Å². The molecule has 2 aliphatic heterocycles. The number of sulfonamides is 1. The molecule has 0 bridgehead atoms. The molecule has 2 fully saturated rings. The number of rotatable bonds is 7. The number of aromatic nitrogens is 1. The van der Waals surface area contributed by atoms with E-state index in [-0.39, 0.29) is 30.0 Å². The van der Waals surface area contributed by atoms with Gasteiger partial charge in [0.05, 0.1) is 12.6 Å². The van der Waals surface area contributed by atoms with Crippen LogP contribution >= 0.6 is 0 Å². The lowest BCUT2D eigenvalue weighted by Gasteiger charge is -2.28. The zero-order valence-corrected chi connectivity index (χ0v) is 23.7. The predicted octanol–water partition coefficient (Wildman–Crippen LogP) is 1.76. The van der Waals surface area contributed by atoms with Gasteiger partial charge < -0.3 is 20.5 Å². The molecule has 12 heteroatoms. The minimum absolute atomic E-state index is 0.0487. The molecule has 3 aromatic carbocycles. The summed E-state index contributed by atoms with van der Waals surface area (Å²) in [6.07, 6.45) is 2.39. The number of nitrogens with zero attached hydrogens (tertiary/aromatic N) is 3. The highest BCUT2D eigenvalue weighted by Crippen LogP contribution is 2.34. The lowest BCUT2D eigenvalue weighted by Crippen LogP contribution is -2.53. The van der Waals surface area contributed by atoms with Crippen LogP contribution in [0.5, 0.6) is 5.75 Å². The third-order valence-electron chi connectivity index (χ3n) is 8.03. The first-order valence-corrected chi connectivity index (χ1v) is 15.2. The maximum absolute atomic E-state index is 14.1. The van der Waals surface area contributed by atoms with Crippen molar-refractivity contribution in [3.05, 3.63) is 108 Å². The number of phenolic OH excluding ortho intramolecular Hbond substituents is 1. The number of carbonyl (C=O) groups excluding carboxylic acids is 3. The van der Waals surface area contributed by atoms with Crippen LogP contribution in [0.2, 0.25) is 0 Å². The van der Waals surface area contributed by atoms with Crippen LogP contribution in [-0.2, 0) is 26.0 Å². The van der Waals surface area contributed by atoms with Crippen LogP contribution in [0.1, 0.15) is 22.3 Å². The van der Waals surface area contributed by atoms with Gasteiger partial charge in [-0.3, -0.25) is 14.4 Å². The number of phenols is 1. The van der Waals surface area contributed by atoms with E-state index >= 15 is 0 Å². The van der Waals surface area contributed by atoms with Crippen molar-refractivity contribution in [2.75, 3.05) is 13.1 Å². The summed E-state index contributed by atoms with van der Waals surface area (Å²) in [6, 6.07) is 18.6. The number of fused-ring (bicyclic) bond motifs is 2. The van der Waals surface area contributed by atoms with E-state index < -0.39 is 52.3 Å². The average molecular weight is 601 g/mol. The Balaban J connectivity index is 1.29. The number of pyridine rings is 1. The molecule has 11 nitrogen and oxygen atoms in total. The Labute approximate surface area is 247 Å². The van der Waals surface area contributed by atoms with Crippen molar-refractivity contribution in [1.82, 2.24) is 14.5 Å². The van der Waals surface area contributed by atoms with Gasteiger partial charge in [-0.25, -0.2) is 8.42 Å². The van der Waals surface area contributed by atoms with Gasteiger partial charge in [-0.15, -0.1) is 0 Å². The second-order valence-corrected chi connectivity index (χ2v) is 12.6. The quantitative estimate of drug-likeness (QED) is 0.242. The largest absolute Gasteiger partial charge is 0.619 e. The number of amides is 2. The Hall–Kier alpha value is -4.81. The lowest BCUT2D eigenvalue weighted by molar-refractivity contribution is -0.607. The van der Waals surface area contributed by atoms with Crippen LogP contribution < -0.4 is 10.0 Å². The van der Waals surface area contributed by atoms with Gasteiger partial charge in [-0.05, 0) is 47.0 Å². The number of aromatic hydroxyl groups is 1. The van der Waals surface area contributed by atoms with E-state index in [2.05, 4.69) is 5.32 Å². The first-order chi connectivity index (χ1) is 20.6. The van der Waals surface area contributed by atoms with Crippen LogP contribution in [0.3, 0.4) is 0 Å². The van der Waals surface area contributed by atoms with Crippen molar-refractivity contribution >= 4 is 38.4 Å². The fraction of sp³-hybridized carbons (Fsp3) is 0.226. The molecule has 2 amide bonds. The van der Waals surface area contributed by atoms with Crippen LogP contribution in [0, 0.1) is 5.21 Å². The minimum atomic E-state index is -4.19. The van der Waals surface area contributed by atoms with Gasteiger partial charge in [0.1, 0.15) is 22.7 Å². The minimum Gasteiger partial charge on any atom is -0.619 e. The van der Waals surface area contributed by atoms with Crippen LogP contribution in [-0.4, -0.2) is 71.5 Å². The van der Waals surface area contributed by atoms with Crippen molar-refractivity contribution in [2.45, 2.75) is 35.9 Å². The zero-order chi connectivity index (χ0) is 30.3. The standard InChI is InChI=1S/C31H28N4O7S/c36-22-12-10-20(11-13-22)17-26(32-30(38)25-9-3-6-21-5-1-2-8-24(21)25)31(39)34-16-14-27-29(34)28(37)19-35(27)43(41,42)23-7-4-15-33(40)18-23/h1-13,15,18,26-27,29,36H,14,16-17,19H2,(H,32,38). The van der Waals surface area contributed by atoms with Gasteiger partial charge in [-0.1, -0.05) is 48.5 Å². The van der Waals surface area contributed by atoms with Gasteiger partial charge in [-0.2, -0.15) is 9.04 Å². The normalized spacial score (nSPS) is 19.3. The van der Waals surface area contributed by atoms with Crippen molar-refractivity contribution in [2.24, 2.45) is 0 Å². The summed E-state index contributed by atoms with van der Waals surface area (Å²) in [5.41, 5.74) is 1.05. The highest BCUT2D eigenvalue weighted by molar-refractivity contribution is 7.89. The number of hydrogen-bond donors (Lipinski definition) is 2. The summed E-state index contributed by atoms with van der Waals surface area (Å²) in [4.78, 5) is 42.1. The number of benzene rings is 3. The number of ketones is 1. The van der Waals surface area contributed by atoms with Crippen molar-refractivity contribution in [3.8, 4) is 5.75 Å². The third-order valence-corrected chi connectivity index (χ3v) is 9.88. The molecule has 3 atom stereocenters. The molecule has 2 saturated heterocycles. The Kier molecular flexibility index (Phi) is 7.32. The topological polar surface area (TPSA) is 151 Å². The molecule has 4 aromatic rings. The maximum Gasteiger partial charge on any atom is 0.252 e. The monoisotopic (exact) mass is 600 g/mol. The van der Waals surface area contributed by atoms with E-state index in [1.165, 1.54) is 29.2 Å². The molecule has 0 aliphatic carbocycles. The highest BCUT2D eigenvalue weighted by atomic mass is 32.2. The number of Topliss-reactive ketones (excluding diaryl/α,β-unsaturated/α-hetero) is 1. The first-order valence-electron chi connectivity index (χ1n) is 13.7. The summed E-state index contributed by atoms with van der Waals surface area (Å²) < 4.78 is 28.2. The predicted molar refractivity (Wildman–Crippen MR) is 155 cm³/mol. The fourth-order valence-electron chi connectivity index (χ4n) is 5.99. The number of likely N-dealkylation sites (tertiary alicyclic amines) is 1. The van der Waals surface area contributed by atoms with Crippen LogP contribution in [0.15, 0.2) is 96.2 Å². The molecule has 3 unspecified atom stereocenters. The first kappa shape index (κ1) is 28.3. The van der Waals surface area contributed by atoms with E-state index in [1.54, 1.807) is 24.3 Å². The molecule has 2 aliphatic rings. The van der Waals surface area contributed by atoms with Gasteiger partial charge >= 0.3 is 0 Å². The Morgan fingerprint density at radius 2 is 1.77 bits per heavy atom. The van der Waals surface area contributed by atoms with E-state index in [1.807, 2.05) is 30.3 Å². The molecule has 220 valence electrons. The van der Waals surface area contributed by atoms with E-state index in [4.69, 9.17) is 0 Å². The zero-order valence-electron chi connectivity index (χ0n) is 22.9. The molecule has 6 rings (SSSR count). The summed E-state index contributed by atoms with van der Waals surface area (Å²) in [5, 5.41) is 25.9. The SMILES string of the molecule is O=C(NC(Cc1ccc(O)cc1)C(=O)N1CCC2C1C(=O)CN2S(=O)(=O)c1ccc[n+]([O-])c1)c1cccc2ccccc12. The van der Waals surface area contributed by atoms with Crippen LogP contribution in [0.4, 0.5) is 0 Å². The maximum atomic E-state index is 14.1. The molecule has 2 N–H and O–H groups in total. The summed E-state index contributed by atoms with van der Waals surface area (Å²) in [5.74, 6) is -1.37. The van der Waals surface area contributed by atoms with Gasteiger partial charge in [0.2, 0.25) is 15.9 Å². The lowest BCUT2D eigenvalue weighted by atomic mass is 10.0. The third kappa shape index (κ3) is 5.30. The molecular formula is C31H28N4O7S. The van der Waals surface area contributed by atoms with Crippen LogP contribution in [0.25, 0.3) is 10.8 Å². The average Bonchev–Trinajstić information content (AvgIpc) is 3.58. The second-order valence-electron chi connectivity index (χ2n) is 10.7. The number of nitrogens with one attached hydrogen (secondary N) is 1. The van der Waals surface area contributed by atoms with Gasteiger partial charge in [0.15, 0.2) is 18.2 Å². The number of carbonyl (C=O) groups is 3. The smallest absolute Gasteiger partial charge is 0.252 e. The second kappa shape index (κ2) is 11.1. The van der Waals surface area contributed by atoms with E-state index in [0.29, 0.717) is 21.2 Å². The number of hydrogen-bond acceptors (Lipinski definition) is 7. The molecule has 0 radical (unpaired) electrons. The van der Waals surface area contributed by atoms with E-state index in [9.17, 15) is 33.1 Å². The molecule has 1 aromatic heterocycles. The summed E-state index contributed by atoms with van der Waals surface area (Å²) >= 11 is 0. The molecular weight excluding hydrogens is 572 g/mol. The van der Waals surface area contributed by atoms with Gasteiger partial charge in [0.25, 0.3) is 5.91 Å². The molecule has 0 saturated carbocycles. The molecule has 0 spiro atoms. The fourth-order valence-corrected chi connectivity index (χ4v) is 7.62. The molecule has 43 heavy (non-hydrogen) atoms. The Bertz CT molecular complexity index is 1840. The van der Waals surface area contributed by atoms with E-state index in [0.717, 1.165) is 22.1 Å². The molecule has 3 heterocycles. The summed E-state index contributed by atoms with van der Waals surface area (Å²) in [6.45, 7) is -0.321. The van der Waals surface area contributed by atoms with Crippen molar-refractivity contribution < 1.29 is 32.6 Å². The highest BCUT2D eigenvalue weighted by Gasteiger charge is 2.54.